The molecule has 0 bridgehead atoms. The predicted molar refractivity (Wildman–Crippen MR) is 81.9 cm³/mol. The number of carbonyl (C=O) groups excluding carboxylic acids is 1. The first kappa shape index (κ1) is 13.6. The summed E-state index contributed by atoms with van der Waals surface area (Å²) < 4.78 is 11.0. The van der Waals surface area contributed by atoms with Gasteiger partial charge >= 0.3 is 6.03 Å². The number of fused-ring (bicyclic) bond motifs is 1. The van der Waals surface area contributed by atoms with Crippen molar-refractivity contribution >= 4 is 22.8 Å². The zero-order valence-corrected chi connectivity index (χ0v) is 12.3. The van der Waals surface area contributed by atoms with Crippen LogP contribution in [-0.2, 0) is 4.74 Å². The van der Waals surface area contributed by atoms with Gasteiger partial charge in [0.1, 0.15) is 5.52 Å². The van der Waals surface area contributed by atoms with Crippen molar-refractivity contribution in [3.8, 4) is 0 Å². The van der Waals surface area contributed by atoms with E-state index >= 15 is 0 Å². The molecule has 1 aliphatic carbocycles. The number of nitrogens with zero attached hydrogens (tertiary/aromatic N) is 1. The molecule has 2 fully saturated rings. The van der Waals surface area contributed by atoms with Gasteiger partial charge in [0, 0.05) is 30.7 Å². The van der Waals surface area contributed by atoms with Crippen molar-refractivity contribution in [2.75, 3.05) is 25.1 Å². The fraction of sp³-hybridized carbons (Fsp3) is 0.500. The number of hydrogen-bond donors (Lipinski definition) is 2. The van der Waals surface area contributed by atoms with Crippen molar-refractivity contribution in [1.82, 2.24) is 10.3 Å². The third kappa shape index (κ3) is 2.92. The highest BCUT2D eigenvalue weighted by Crippen LogP contribution is 2.40. The number of anilines is 1. The average Bonchev–Trinajstić information content (AvgIpc) is 3.08. The summed E-state index contributed by atoms with van der Waals surface area (Å²) in [5.74, 6) is 1.73. The molecule has 4 rings (SSSR count). The van der Waals surface area contributed by atoms with Crippen LogP contribution in [0.15, 0.2) is 22.6 Å². The van der Waals surface area contributed by atoms with Crippen LogP contribution in [0.5, 0.6) is 0 Å². The van der Waals surface area contributed by atoms with Crippen molar-refractivity contribution in [3.63, 3.8) is 0 Å². The Hall–Kier alpha value is -2.08. The van der Waals surface area contributed by atoms with Crippen molar-refractivity contribution in [3.05, 3.63) is 24.1 Å². The Morgan fingerprint density at radius 1 is 1.32 bits per heavy atom. The fourth-order valence-electron chi connectivity index (χ4n) is 2.68. The van der Waals surface area contributed by atoms with Crippen LogP contribution < -0.4 is 10.6 Å². The third-order valence-electron chi connectivity index (χ3n) is 4.16. The maximum Gasteiger partial charge on any atom is 0.319 e. The molecular weight excluding hydrogens is 282 g/mol. The number of benzene rings is 1. The van der Waals surface area contributed by atoms with E-state index < -0.39 is 0 Å². The zero-order valence-electron chi connectivity index (χ0n) is 12.3. The number of aromatic nitrogens is 1. The van der Waals surface area contributed by atoms with Crippen LogP contribution in [0.3, 0.4) is 0 Å². The summed E-state index contributed by atoms with van der Waals surface area (Å²) in [7, 11) is 0. The van der Waals surface area contributed by atoms with Gasteiger partial charge < -0.3 is 19.8 Å². The van der Waals surface area contributed by atoms with Crippen LogP contribution in [0.25, 0.3) is 11.1 Å². The minimum absolute atomic E-state index is 0.197. The number of carbonyl (C=O) groups is 1. The lowest BCUT2D eigenvalue weighted by Crippen LogP contribution is -2.33. The van der Waals surface area contributed by atoms with Crippen LogP contribution in [0.1, 0.15) is 31.1 Å². The molecule has 22 heavy (non-hydrogen) atoms. The van der Waals surface area contributed by atoms with Crippen LogP contribution in [0.2, 0.25) is 0 Å². The zero-order chi connectivity index (χ0) is 14.9. The van der Waals surface area contributed by atoms with Crippen LogP contribution in [-0.4, -0.2) is 30.8 Å². The molecule has 1 atom stereocenters. The SMILES string of the molecule is O=C(NCC1CCOC1)Nc1ccc2oc(C3CC3)nc2c1. The lowest BCUT2D eigenvalue weighted by Gasteiger charge is -2.10. The molecule has 2 aromatic rings. The van der Waals surface area contributed by atoms with Crippen LogP contribution in [0, 0.1) is 5.92 Å². The van der Waals surface area contributed by atoms with Gasteiger partial charge in [0.25, 0.3) is 0 Å². The second-order valence-electron chi connectivity index (χ2n) is 6.07. The summed E-state index contributed by atoms with van der Waals surface area (Å²) in [4.78, 5) is 16.4. The molecule has 1 aromatic heterocycles. The number of oxazole rings is 1. The molecule has 1 aliphatic heterocycles. The van der Waals surface area contributed by atoms with E-state index in [1.54, 1.807) is 0 Å². The normalized spacial score (nSPS) is 21.2. The van der Waals surface area contributed by atoms with Crippen molar-refractivity contribution in [2.24, 2.45) is 5.92 Å². The van der Waals surface area contributed by atoms with Crippen molar-refractivity contribution in [2.45, 2.75) is 25.2 Å². The van der Waals surface area contributed by atoms with Gasteiger partial charge in [-0.1, -0.05) is 0 Å². The summed E-state index contributed by atoms with van der Waals surface area (Å²) in [6.45, 7) is 2.17. The lowest BCUT2D eigenvalue weighted by molar-refractivity contribution is 0.185. The van der Waals surface area contributed by atoms with Crippen LogP contribution in [0.4, 0.5) is 10.5 Å². The third-order valence-corrected chi connectivity index (χ3v) is 4.16. The van der Waals surface area contributed by atoms with E-state index in [0.29, 0.717) is 18.4 Å². The van der Waals surface area contributed by atoms with Gasteiger partial charge in [-0.3, -0.25) is 0 Å². The molecule has 2 heterocycles. The van der Waals surface area contributed by atoms with E-state index in [9.17, 15) is 4.79 Å². The summed E-state index contributed by atoms with van der Waals surface area (Å²) in [5.41, 5.74) is 2.29. The first-order valence-corrected chi connectivity index (χ1v) is 7.81. The molecule has 1 unspecified atom stereocenters. The maximum atomic E-state index is 11.9. The van der Waals surface area contributed by atoms with Gasteiger partial charge in [0.2, 0.25) is 0 Å². The number of hydrogen-bond acceptors (Lipinski definition) is 4. The predicted octanol–water partition coefficient (Wildman–Crippen LogP) is 2.86. The molecule has 116 valence electrons. The van der Waals surface area contributed by atoms with Crippen molar-refractivity contribution < 1.29 is 13.9 Å². The van der Waals surface area contributed by atoms with E-state index in [0.717, 1.165) is 55.2 Å². The molecule has 2 N–H and O–H groups in total. The molecular formula is C16H19N3O3. The Morgan fingerprint density at radius 2 is 2.23 bits per heavy atom. The van der Waals surface area contributed by atoms with Gasteiger partial charge in [-0.15, -0.1) is 0 Å². The lowest BCUT2D eigenvalue weighted by atomic mass is 10.1. The molecule has 1 aromatic carbocycles. The monoisotopic (exact) mass is 301 g/mol. The Balaban J connectivity index is 1.38. The van der Waals surface area contributed by atoms with Gasteiger partial charge in [0.15, 0.2) is 11.5 Å². The second kappa shape index (κ2) is 5.61. The Morgan fingerprint density at radius 3 is 3.00 bits per heavy atom. The van der Waals surface area contributed by atoms with Gasteiger partial charge in [-0.2, -0.15) is 0 Å². The smallest absolute Gasteiger partial charge is 0.319 e. The molecule has 0 radical (unpaired) electrons. The number of amides is 2. The number of urea groups is 1. The van der Waals surface area contributed by atoms with Gasteiger partial charge in [-0.25, -0.2) is 9.78 Å². The average molecular weight is 301 g/mol. The molecule has 1 saturated heterocycles. The molecule has 1 saturated carbocycles. The molecule has 0 spiro atoms. The molecule has 2 aliphatic rings. The molecule has 6 heteroatoms. The highest BCUT2D eigenvalue weighted by Gasteiger charge is 2.28. The van der Waals surface area contributed by atoms with E-state index in [2.05, 4.69) is 15.6 Å². The Bertz CT molecular complexity index is 687. The highest BCUT2D eigenvalue weighted by atomic mass is 16.5. The van der Waals surface area contributed by atoms with Gasteiger partial charge in [0.05, 0.1) is 6.61 Å². The molecule has 6 nitrogen and oxygen atoms in total. The maximum absolute atomic E-state index is 11.9. The van der Waals surface area contributed by atoms with Gasteiger partial charge in [-0.05, 0) is 37.5 Å². The van der Waals surface area contributed by atoms with E-state index in [1.807, 2.05) is 18.2 Å². The number of rotatable bonds is 4. The number of nitrogens with one attached hydrogen (secondary N) is 2. The van der Waals surface area contributed by atoms with E-state index in [1.165, 1.54) is 0 Å². The first-order chi connectivity index (χ1) is 10.8. The minimum Gasteiger partial charge on any atom is -0.440 e. The van der Waals surface area contributed by atoms with Crippen LogP contribution >= 0.6 is 0 Å². The summed E-state index contributed by atoms with van der Waals surface area (Å²) in [5, 5.41) is 5.72. The number of ether oxygens (including phenoxy) is 1. The quantitative estimate of drug-likeness (QED) is 0.910. The Labute approximate surface area is 128 Å². The standard InChI is InChI=1S/C16H19N3O3/c20-16(17-8-10-5-6-21-9-10)18-12-3-4-14-13(7-12)19-15(22-14)11-1-2-11/h3-4,7,10-11H,1-2,5-6,8-9H2,(H2,17,18,20). The van der Waals surface area contributed by atoms with E-state index in [-0.39, 0.29) is 6.03 Å². The fourth-order valence-corrected chi connectivity index (χ4v) is 2.68. The Kier molecular flexibility index (Phi) is 3.46. The molecule has 2 amide bonds. The summed E-state index contributed by atoms with van der Waals surface area (Å²) in [6, 6.07) is 5.34. The minimum atomic E-state index is -0.197. The van der Waals surface area contributed by atoms with Crippen molar-refractivity contribution in [1.29, 1.82) is 0 Å². The van der Waals surface area contributed by atoms with E-state index in [4.69, 9.17) is 9.15 Å². The summed E-state index contributed by atoms with van der Waals surface area (Å²) >= 11 is 0. The second-order valence-corrected chi connectivity index (χ2v) is 6.07. The highest BCUT2D eigenvalue weighted by molar-refractivity contribution is 5.91. The largest absolute Gasteiger partial charge is 0.440 e. The topological polar surface area (TPSA) is 76.4 Å². The first-order valence-electron chi connectivity index (χ1n) is 7.81. The summed E-state index contributed by atoms with van der Waals surface area (Å²) in [6.07, 6.45) is 3.32.